The van der Waals surface area contributed by atoms with Gasteiger partial charge in [0.2, 0.25) is 15.9 Å². The Hall–Kier alpha value is -1.93. The van der Waals surface area contributed by atoms with Crippen LogP contribution in [0.1, 0.15) is 36.9 Å². The third-order valence-electron chi connectivity index (χ3n) is 5.29. The van der Waals surface area contributed by atoms with Gasteiger partial charge in [0, 0.05) is 19.6 Å². The average Bonchev–Trinajstić information content (AvgIpc) is 2.66. The number of piperidine rings is 1. The van der Waals surface area contributed by atoms with Crippen molar-refractivity contribution in [1.29, 1.82) is 0 Å². The molecule has 1 fully saturated rings. The lowest BCUT2D eigenvalue weighted by Crippen LogP contribution is -2.50. The summed E-state index contributed by atoms with van der Waals surface area (Å²) < 4.78 is 25.7. The minimum atomic E-state index is -3.35. The van der Waals surface area contributed by atoms with Crippen molar-refractivity contribution < 1.29 is 23.1 Å². The number of benzene rings is 1. The number of hydrogen-bond donors (Lipinski definition) is 1. The van der Waals surface area contributed by atoms with Gasteiger partial charge in [-0.3, -0.25) is 4.79 Å². The quantitative estimate of drug-likeness (QED) is 0.848. The van der Waals surface area contributed by atoms with Gasteiger partial charge in [0.1, 0.15) is 0 Å². The third-order valence-corrected chi connectivity index (χ3v) is 7.14. The highest BCUT2D eigenvalue weighted by Crippen LogP contribution is 2.32. The molecule has 2 atom stereocenters. The van der Waals surface area contributed by atoms with Crippen molar-refractivity contribution in [2.75, 3.05) is 25.4 Å². The number of nitrogens with zero attached hydrogens (tertiary/aromatic N) is 2. The first kappa shape index (κ1) is 18.8. The first-order chi connectivity index (χ1) is 12.3. The SMILES string of the molecule is CCS(=O)(=O)N1CCCC(C(=O)N2CCc3ccccc3C2C(=O)O)C1. The maximum atomic E-state index is 13.1. The zero-order chi connectivity index (χ0) is 18.9. The summed E-state index contributed by atoms with van der Waals surface area (Å²) >= 11 is 0. The fourth-order valence-electron chi connectivity index (χ4n) is 3.88. The molecule has 0 bridgehead atoms. The van der Waals surface area contributed by atoms with Crippen LogP contribution in [0.15, 0.2) is 24.3 Å². The molecular formula is C18H24N2O5S. The summed E-state index contributed by atoms with van der Waals surface area (Å²) in [5.41, 5.74) is 1.59. The highest BCUT2D eigenvalue weighted by molar-refractivity contribution is 7.89. The highest BCUT2D eigenvalue weighted by atomic mass is 32.2. The van der Waals surface area contributed by atoms with Crippen molar-refractivity contribution in [2.24, 2.45) is 5.92 Å². The molecule has 1 amide bonds. The average molecular weight is 380 g/mol. The maximum Gasteiger partial charge on any atom is 0.331 e. The molecule has 142 valence electrons. The molecule has 26 heavy (non-hydrogen) atoms. The van der Waals surface area contributed by atoms with Crippen molar-refractivity contribution in [3.8, 4) is 0 Å². The van der Waals surface area contributed by atoms with E-state index in [1.54, 1.807) is 19.1 Å². The van der Waals surface area contributed by atoms with Crippen LogP contribution in [0.2, 0.25) is 0 Å². The van der Waals surface area contributed by atoms with Gasteiger partial charge in [0.25, 0.3) is 0 Å². The van der Waals surface area contributed by atoms with Gasteiger partial charge in [-0.25, -0.2) is 17.5 Å². The first-order valence-corrected chi connectivity index (χ1v) is 10.5. The van der Waals surface area contributed by atoms with Crippen LogP contribution in [0.25, 0.3) is 0 Å². The van der Waals surface area contributed by atoms with Gasteiger partial charge in [-0.15, -0.1) is 0 Å². The summed E-state index contributed by atoms with van der Waals surface area (Å²) in [5.74, 6) is -1.80. The van der Waals surface area contributed by atoms with Gasteiger partial charge in [-0.1, -0.05) is 24.3 Å². The van der Waals surface area contributed by atoms with Gasteiger partial charge in [-0.2, -0.15) is 0 Å². The van der Waals surface area contributed by atoms with Crippen LogP contribution >= 0.6 is 0 Å². The summed E-state index contributed by atoms with van der Waals surface area (Å²) in [6, 6.07) is 6.28. The normalized spacial score (nSPS) is 24.1. The van der Waals surface area contributed by atoms with E-state index in [2.05, 4.69) is 0 Å². The van der Waals surface area contributed by atoms with E-state index >= 15 is 0 Å². The van der Waals surface area contributed by atoms with Crippen molar-refractivity contribution >= 4 is 21.9 Å². The molecule has 7 nitrogen and oxygen atoms in total. The lowest BCUT2D eigenvalue weighted by atomic mass is 9.90. The van der Waals surface area contributed by atoms with Crippen LogP contribution in [0.5, 0.6) is 0 Å². The Morgan fingerprint density at radius 2 is 1.96 bits per heavy atom. The molecule has 2 heterocycles. The van der Waals surface area contributed by atoms with Gasteiger partial charge in [0.05, 0.1) is 11.7 Å². The van der Waals surface area contributed by atoms with Gasteiger partial charge in [0.15, 0.2) is 6.04 Å². The second-order valence-corrected chi connectivity index (χ2v) is 9.08. The lowest BCUT2D eigenvalue weighted by molar-refractivity contribution is -0.153. The monoisotopic (exact) mass is 380 g/mol. The number of sulfonamides is 1. The zero-order valence-corrected chi connectivity index (χ0v) is 15.6. The molecule has 0 radical (unpaired) electrons. The van der Waals surface area contributed by atoms with E-state index in [0.29, 0.717) is 37.9 Å². The molecule has 1 N–H and O–H groups in total. The van der Waals surface area contributed by atoms with Crippen molar-refractivity contribution in [1.82, 2.24) is 9.21 Å². The zero-order valence-electron chi connectivity index (χ0n) is 14.8. The lowest BCUT2D eigenvalue weighted by Gasteiger charge is -2.39. The van der Waals surface area contributed by atoms with E-state index in [0.717, 1.165) is 5.56 Å². The van der Waals surface area contributed by atoms with Crippen molar-refractivity contribution in [2.45, 2.75) is 32.2 Å². The Bertz CT molecular complexity index is 808. The number of carbonyl (C=O) groups is 2. The summed E-state index contributed by atoms with van der Waals surface area (Å²) in [6.45, 7) is 2.48. The summed E-state index contributed by atoms with van der Waals surface area (Å²) in [7, 11) is -3.35. The number of fused-ring (bicyclic) bond motifs is 1. The molecule has 2 unspecified atom stereocenters. The fraction of sp³-hybridized carbons (Fsp3) is 0.556. The molecular weight excluding hydrogens is 356 g/mol. The first-order valence-electron chi connectivity index (χ1n) is 8.94. The summed E-state index contributed by atoms with van der Waals surface area (Å²) in [6.07, 6.45) is 1.80. The molecule has 1 saturated heterocycles. The van der Waals surface area contributed by atoms with Crippen LogP contribution < -0.4 is 0 Å². The van der Waals surface area contributed by atoms with Crippen LogP contribution in [-0.2, 0) is 26.0 Å². The second-order valence-electron chi connectivity index (χ2n) is 6.82. The van der Waals surface area contributed by atoms with E-state index in [1.807, 2.05) is 12.1 Å². The highest BCUT2D eigenvalue weighted by Gasteiger charge is 2.40. The number of carboxylic acids is 1. The van der Waals surface area contributed by atoms with Crippen LogP contribution in [-0.4, -0.2) is 60.0 Å². The molecule has 3 rings (SSSR count). The van der Waals surface area contributed by atoms with E-state index < -0.39 is 28.0 Å². The Morgan fingerprint density at radius 3 is 2.65 bits per heavy atom. The van der Waals surface area contributed by atoms with E-state index in [-0.39, 0.29) is 18.2 Å². The summed E-state index contributed by atoms with van der Waals surface area (Å²) in [5, 5.41) is 9.72. The molecule has 0 aliphatic carbocycles. The molecule has 8 heteroatoms. The van der Waals surface area contributed by atoms with Crippen LogP contribution in [0.3, 0.4) is 0 Å². The third kappa shape index (κ3) is 3.48. The van der Waals surface area contributed by atoms with Crippen LogP contribution in [0, 0.1) is 5.92 Å². The number of carboxylic acid groups (broad SMARTS) is 1. The second kappa shape index (κ2) is 7.36. The molecule has 1 aromatic carbocycles. The fourth-order valence-corrected chi connectivity index (χ4v) is 5.06. The van der Waals surface area contributed by atoms with Gasteiger partial charge < -0.3 is 10.0 Å². The Kier molecular flexibility index (Phi) is 5.34. The van der Waals surface area contributed by atoms with Gasteiger partial charge >= 0.3 is 5.97 Å². The molecule has 1 aromatic rings. The predicted octanol–water partition coefficient (Wildman–Crippen LogP) is 1.26. The minimum Gasteiger partial charge on any atom is -0.479 e. The van der Waals surface area contributed by atoms with E-state index in [4.69, 9.17) is 0 Å². The standard InChI is InChI=1S/C18H24N2O5S/c1-2-26(24,25)19-10-5-7-14(12-19)17(21)20-11-9-13-6-3-4-8-15(13)16(20)18(22)23/h3-4,6,8,14,16H,2,5,7,9-12H2,1H3,(H,22,23). The summed E-state index contributed by atoms with van der Waals surface area (Å²) in [4.78, 5) is 26.4. The van der Waals surface area contributed by atoms with Crippen LogP contribution in [0.4, 0.5) is 0 Å². The minimum absolute atomic E-state index is 0.00273. The largest absolute Gasteiger partial charge is 0.479 e. The number of carbonyl (C=O) groups excluding carboxylic acids is 1. The van der Waals surface area contributed by atoms with E-state index in [1.165, 1.54) is 9.21 Å². The smallest absolute Gasteiger partial charge is 0.331 e. The molecule has 0 saturated carbocycles. The number of aliphatic carboxylic acids is 1. The van der Waals surface area contributed by atoms with Crippen molar-refractivity contribution in [3.05, 3.63) is 35.4 Å². The number of amides is 1. The Morgan fingerprint density at radius 1 is 1.23 bits per heavy atom. The Balaban J connectivity index is 1.84. The molecule has 0 aromatic heterocycles. The van der Waals surface area contributed by atoms with E-state index in [9.17, 15) is 23.1 Å². The van der Waals surface area contributed by atoms with Gasteiger partial charge in [-0.05, 0) is 37.3 Å². The topological polar surface area (TPSA) is 95.0 Å². The van der Waals surface area contributed by atoms with Crippen molar-refractivity contribution in [3.63, 3.8) is 0 Å². The Labute approximate surface area is 153 Å². The molecule has 2 aliphatic rings. The number of hydrogen-bond acceptors (Lipinski definition) is 4. The maximum absolute atomic E-state index is 13.1. The molecule has 2 aliphatic heterocycles. The molecule has 0 spiro atoms. The predicted molar refractivity (Wildman–Crippen MR) is 96.0 cm³/mol. The number of rotatable bonds is 4.